The van der Waals surface area contributed by atoms with Crippen LogP contribution in [0.2, 0.25) is 0 Å². The van der Waals surface area contributed by atoms with E-state index in [1.54, 1.807) is 0 Å². The molecule has 0 radical (unpaired) electrons. The molecule has 0 aromatic heterocycles. The van der Waals surface area contributed by atoms with Gasteiger partial charge in [-0.2, -0.15) is 0 Å². The molecule has 0 N–H and O–H groups in total. The Balaban J connectivity index is 1.08. The van der Waals surface area contributed by atoms with Crippen LogP contribution in [-0.4, -0.2) is 131 Å². The van der Waals surface area contributed by atoms with Gasteiger partial charge in [0.15, 0.2) is 0 Å². The zero-order valence-corrected chi connectivity index (χ0v) is 27.3. The summed E-state index contributed by atoms with van der Waals surface area (Å²) in [4.78, 5) is 0. The third-order valence-corrected chi connectivity index (χ3v) is 8.63. The van der Waals surface area contributed by atoms with Crippen LogP contribution < -0.4 is 0 Å². The van der Waals surface area contributed by atoms with Crippen LogP contribution in [-0.2, 0) is 47.4 Å². The van der Waals surface area contributed by atoms with Crippen LogP contribution in [0.25, 0.3) is 0 Å². The molecule has 0 saturated carbocycles. The van der Waals surface area contributed by atoms with E-state index in [1.165, 1.54) is 11.1 Å². The van der Waals surface area contributed by atoms with Crippen molar-refractivity contribution in [2.45, 2.75) is 24.9 Å². The van der Waals surface area contributed by atoms with Crippen molar-refractivity contribution in [3.8, 4) is 0 Å². The van der Waals surface area contributed by atoms with E-state index in [2.05, 4.69) is 48.6 Å². The van der Waals surface area contributed by atoms with Crippen molar-refractivity contribution in [2.24, 2.45) is 5.41 Å². The van der Waals surface area contributed by atoms with Gasteiger partial charge in [0.1, 0.15) is 5.60 Å². The molecule has 0 aromatic carbocycles. The average molecular weight is 645 g/mol. The Kier molecular flexibility index (Phi) is 15.2. The summed E-state index contributed by atoms with van der Waals surface area (Å²) in [6, 6.07) is 0. The molecule has 1 fully saturated rings. The Morgan fingerprint density at radius 2 is 0.630 bits per heavy atom. The predicted molar refractivity (Wildman–Crippen MR) is 173 cm³/mol. The molecule has 2 spiro atoms. The molecule has 0 aromatic rings. The van der Waals surface area contributed by atoms with Crippen LogP contribution in [0.1, 0.15) is 19.3 Å². The first-order valence-corrected chi connectivity index (χ1v) is 16.9. The SMILES string of the molecule is C1=CC2=CC=C1C21COCCOCCCOCCOCCOCCCOCCOCCCOCCOCCOC12C1=CC=C2C=C1. The number of hydrogen-bond donors (Lipinski definition) is 0. The van der Waals surface area contributed by atoms with E-state index in [0.717, 1.165) is 30.4 Å². The number of allylic oxidation sites excluding steroid dienone is 6. The second-order valence-electron chi connectivity index (χ2n) is 11.6. The third-order valence-electron chi connectivity index (χ3n) is 8.63. The first-order chi connectivity index (χ1) is 22.9. The predicted octanol–water partition coefficient (Wildman–Crippen LogP) is 3.93. The summed E-state index contributed by atoms with van der Waals surface area (Å²) in [5.41, 5.74) is 3.66. The van der Waals surface area contributed by atoms with Crippen molar-refractivity contribution in [1.29, 1.82) is 0 Å². The minimum atomic E-state index is -0.637. The van der Waals surface area contributed by atoms with Gasteiger partial charge in [0.25, 0.3) is 0 Å². The van der Waals surface area contributed by atoms with Crippen molar-refractivity contribution < 1.29 is 47.4 Å². The van der Waals surface area contributed by atoms with Crippen LogP contribution >= 0.6 is 0 Å². The molecule has 1 aliphatic heterocycles. The Labute approximate surface area is 273 Å². The quantitative estimate of drug-likeness (QED) is 0.386. The Morgan fingerprint density at radius 1 is 0.326 bits per heavy atom. The monoisotopic (exact) mass is 644 g/mol. The average Bonchev–Trinajstić information content (AvgIpc) is 3.82. The summed E-state index contributed by atoms with van der Waals surface area (Å²) in [7, 11) is 0. The van der Waals surface area contributed by atoms with Gasteiger partial charge in [-0.25, -0.2) is 0 Å². The lowest BCUT2D eigenvalue weighted by Gasteiger charge is -2.47. The Bertz CT molecular complexity index is 974. The molecule has 0 amide bonds. The van der Waals surface area contributed by atoms with Gasteiger partial charge in [-0.05, 0) is 41.6 Å². The molecule has 1 saturated heterocycles. The normalized spacial score (nSPS) is 26.8. The molecule has 10 heteroatoms. The van der Waals surface area contributed by atoms with Gasteiger partial charge in [0.2, 0.25) is 0 Å². The highest BCUT2D eigenvalue weighted by molar-refractivity contribution is 5.72. The minimum absolute atomic E-state index is 0.443. The second-order valence-corrected chi connectivity index (χ2v) is 11.6. The zero-order chi connectivity index (χ0) is 31.6. The molecule has 256 valence electrons. The van der Waals surface area contributed by atoms with Gasteiger partial charge in [-0.15, -0.1) is 0 Å². The maximum absolute atomic E-state index is 6.87. The van der Waals surface area contributed by atoms with Gasteiger partial charge in [-0.1, -0.05) is 48.6 Å². The number of hydrogen-bond acceptors (Lipinski definition) is 10. The topological polar surface area (TPSA) is 92.3 Å². The molecule has 4 bridgehead atoms. The molecular formula is C36H52O10. The van der Waals surface area contributed by atoms with E-state index in [9.17, 15) is 0 Å². The molecule has 1 heterocycles. The highest BCUT2D eigenvalue weighted by Crippen LogP contribution is 2.63. The van der Waals surface area contributed by atoms with E-state index >= 15 is 0 Å². The van der Waals surface area contributed by atoms with Crippen molar-refractivity contribution >= 4 is 0 Å². The number of rotatable bonds is 0. The molecular weight excluding hydrogens is 592 g/mol. The lowest BCUT2D eigenvalue weighted by molar-refractivity contribution is -0.0922. The van der Waals surface area contributed by atoms with Crippen molar-refractivity contribution in [2.75, 3.05) is 126 Å². The lowest BCUT2D eigenvalue weighted by Crippen LogP contribution is -2.53. The fourth-order valence-electron chi connectivity index (χ4n) is 6.44. The zero-order valence-electron chi connectivity index (χ0n) is 27.3. The smallest absolute Gasteiger partial charge is 0.134 e. The lowest BCUT2D eigenvalue weighted by atomic mass is 9.64. The van der Waals surface area contributed by atoms with E-state index in [1.807, 2.05) is 0 Å². The first-order valence-electron chi connectivity index (χ1n) is 16.9. The van der Waals surface area contributed by atoms with E-state index in [4.69, 9.17) is 47.4 Å². The largest absolute Gasteiger partial charge is 0.379 e. The Hall–Kier alpha value is -1.96. The van der Waals surface area contributed by atoms with E-state index in [-0.39, 0.29) is 0 Å². The maximum atomic E-state index is 6.87. The summed E-state index contributed by atoms with van der Waals surface area (Å²) < 4.78 is 58.7. The fourth-order valence-corrected chi connectivity index (χ4v) is 6.44. The maximum Gasteiger partial charge on any atom is 0.134 e. The van der Waals surface area contributed by atoms with Crippen molar-refractivity contribution in [3.05, 3.63) is 70.9 Å². The van der Waals surface area contributed by atoms with Crippen LogP contribution in [0, 0.1) is 5.41 Å². The molecule has 0 atom stereocenters. The van der Waals surface area contributed by atoms with Gasteiger partial charge >= 0.3 is 0 Å². The molecule has 4 aliphatic carbocycles. The third kappa shape index (κ3) is 9.14. The van der Waals surface area contributed by atoms with Crippen LogP contribution in [0.15, 0.2) is 70.9 Å². The van der Waals surface area contributed by atoms with Crippen LogP contribution in [0.5, 0.6) is 0 Å². The first kappa shape index (κ1) is 35.3. The van der Waals surface area contributed by atoms with E-state index < -0.39 is 11.0 Å². The summed E-state index contributed by atoms with van der Waals surface area (Å²) in [5.74, 6) is 0. The summed E-state index contributed by atoms with van der Waals surface area (Å²) in [6.07, 6.45) is 20.0. The summed E-state index contributed by atoms with van der Waals surface area (Å²) >= 11 is 0. The fraction of sp³-hybridized carbons (Fsp3) is 0.667. The summed E-state index contributed by atoms with van der Waals surface area (Å²) in [6.45, 7) is 10.8. The van der Waals surface area contributed by atoms with Crippen molar-refractivity contribution in [1.82, 2.24) is 0 Å². The molecule has 5 aliphatic rings. The highest BCUT2D eigenvalue weighted by atomic mass is 16.6. The standard InChI is InChI=1S/C36H52O10/c1-12-37-18-19-38-13-2-15-41-22-25-44-28-29-46-36(33-8-9-34(36)11-10-33)35(31-4-5-32(35)7-6-31)30-45-27-26-42-17-3-16-40-21-24-43-23-20-39-14-1/h4-11H,1-3,12-30H2. The molecule has 5 rings (SSSR count). The van der Waals surface area contributed by atoms with Crippen LogP contribution in [0.4, 0.5) is 0 Å². The van der Waals surface area contributed by atoms with Crippen LogP contribution in [0.3, 0.4) is 0 Å². The minimum Gasteiger partial charge on any atom is -0.379 e. The highest BCUT2D eigenvalue weighted by Gasteiger charge is 2.64. The Morgan fingerprint density at radius 3 is 1.00 bits per heavy atom. The molecule has 0 unspecified atom stereocenters. The van der Waals surface area contributed by atoms with Gasteiger partial charge < -0.3 is 47.4 Å². The van der Waals surface area contributed by atoms with Gasteiger partial charge in [0.05, 0.1) is 91.3 Å². The molecule has 46 heavy (non-hydrogen) atoms. The van der Waals surface area contributed by atoms with Gasteiger partial charge in [0, 0.05) is 39.6 Å². The number of ether oxygens (including phenoxy) is 10. The summed E-state index contributed by atoms with van der Waals surface area (Å²) in [5, 5.41) is 0. The van der Waals surface area contributed by atoms with Crippen molar-refractivity contribution in [3.63, 3.8) is 0 Å². The molecule has 10 nitrogen and oxygen atoms in total. The van der Waals surface area contributed by atoms with E-state index in [0.29, 0.717) is 126 Å². The van der Waals surface area contributed by atoms with Gasteiger partial charge in [-0.3, -0.25) is 0 Å². The second kappa shape index (κ2) is 19.8.